The number of ether oxygens (including phenoxy) is 2. The highest BCUT2D eigenvalue weighted by molar-refractivity contribution is 5.73. The van der Waals surface area contributed by atoms with Crippen molar-refractivity contribution in [2.24, 2.45) is 0 Å². The maximum absolute atomic E-state index is 11.4. The smallest absolute Gasteiger partial charge is 0.333 e. The predicted molar refractivity (Wildman–Crippen MR) is 135 cm³/mol. The van der Waals surface area contributed by atoms with E-state index in [1.807, 2.05) is 85.8 Å². The van der Waals surface area contributed by atoms with Crippen LogP contribution in [-0.2, 0) is 22.4 Å². The molecular formula is C29H29NO5. The molecule has 1 N–H and O–H groups in total. The Kier molecular flexibility index (Phi) is 7.95. The Morgan fingerprint density at radius 2 is 1.69 bits per heavy atom. The summed E-state index contributed by atoms with van der Waals surface area (Å²) in [6, 6.07) is 25.6. The zero-order chi connectivity index (χ0) is 24.6. The monoisotopic (exact) mass is 471 g/mol. The maximum Gasteiger partial charge on any atom is 0.333 e. The second-order valence-corrected chi connectivity index (χ2v) is 8.20. The number of hydrogen-bond donors (Lipinski definition) is 1. The zero-order valence-corrected chi connectivity index (χ0v) is 19.9. The highest BCUT2D eigenvalue weighted by Gasteiger charge is 2.18. The Morgan fingerprint density at radius 1 is 0.971 bits per heavy atom. The van der Waals surface area contributed by atoms with Crippen LogP contribution in [0.4, 0.5) is 0 Å². The normalized spacial score (nSPS) is 11.8. The number of hydrogen-bond acceptors (Lipinski definition) is 5. The van der Waals surface area contributed by atoms with Crippen LogP contribution in [0.3, 0.4) is 0 Å². The molecule has 0 saturated heterocycles. The van der Waals surface area contributed by atoms with Gasteiger partial charge in [0.15, 0.2) is 6.10 Å². The minimum atomic E-state index is -0.953. The number of carbonyl (C=O) groups is 1. The molecule has 0 radical (unpaired) electrons. The fraction of sp³-hybridized carbons (Fsp3) is 0.241. The van der Waals surface area contributed by atoms with Gasteiger partial charge in [-0.1, -0.05) is 54.6 Å². The van der Waals surface area contributed by atoms with Crippen LogP contribution in [0.5, 0.6) is 5.75 Å². The summed E-state index contributed by atoms with van der Waals surface area (Å²) in [4.78, 5) is 16.1. The van der Waals surface area contributed by atoms with Crippen molar-refractivity contribution >= 4 is 5.97 Å². The van der Waals surface area contributed by atoms with E-state index in [2.05, 4.69) is 4.98 Å². The van der Waals surface area contributed by atoms with Crippen LogP contribution in [-0.4, -0.2) is 35.4 Å². The minimum absolute atomic E-state index is 0.315. The number of rotatable bonds is 11. The molecule has 0 aliphatic rings. The number of aliphatic carboxylic acids is 1. The molecule has 0 saturated carbocycles. The molecule has 6 heteroatoms. The molecule has 0 bridgehead atoms. The summed E-state index contributed by atoms with van der Waals surface area (Å²) >= 11 is 0. The van der Waals surface area contributed by atoms with Crippen LogP contribution < -0.4 is 4.74 Å². The molecule has 0 amide bonds. The second kappa shape index (κ2) is 11.5. The molecule has 1 atom stereocenters. The van der Waals surface area contributed by atoms with Crippen molar-refractivity contribution in [1.29, 1.82) is 0 Å². The largest absolute Gasteiger partial charge is 0.493 e. The van der Waals surface area contributed by atoms with Gasteiger partial charge >= 0.3 is 5.97 Å². The molecular weight excluding hydrogens is 442 g/mol. The molecule has 4 aromatic rings. The summed E-state index contributed by atoms with van der Waals surface area (Å²) in [5.41, 5.74) is 4.74. The first-order chi connectivity index (χ1) is 17.0. The van der Waals surface area contributed by atoms with Crippen LogP contribution in [0.2, 0.25) is 0 Å². The second-order valence-electron chi connectivity index (χ2n) is 8.20. The Morgan fingerprint density at radius 3 is 2.43 bits per heavy atom. The molecule has 1 unspecified atom stereocenters. The Balaban J connectivity index is 1.40. The molecule has 0 spiro atoms. The van der Waals surface area contributed by atoms with Crippen LogP contribution in [0.1, 0.15) is 23.9 Å². The third kappa shape index (κ3) is 6.37. The number of carboxylic acid groups (broad SMARTS) is 1. The van der Waals surface area contributed by atoms with E-state index in [0.717, 1.165) is 39.5 Å². The molecule has 0 aliphatic heterocycles. The van der Waals surface area contributed by atoms with Gasteiger partial charge in [0.1, 0.15) is 11.5 Å². The average molecular weight is 472 g/mol. The van der Waals surface area contributed by atoms with E-state index < -0.39 is 12.1 Å². The molecule has 6 nitrogen and oxygen atoms in total. The zero-order valence-electron chi connectivity index (χ0n) is 19.9. The number of oxazole rings is 1. The molecule has 4 rings (SSSR count). The Hall–Kier alpha value is -3.90. The molecule has 1 aromatic heterocycles. The number of aryl methyl sites for hydroxylation is 1. The van der Waals surface area contributed by atoms with Gasteiger partial charge in [0, 0.05) is 25.0 Å². The van der Waals surface area contributed by atoms with Crippen molar-refractivity contribution in [3.63, 3.8) is 0 Å². The van der Waals surface area contributed by atoms with E-state index in [1.54, 1.807) is 6.92 Å². The lowest BCUT2D eigenvalue weighted by molar-refractivity contribution is -0.149. The molecule has 0 fully saturated rings. The van der Waals surface area contributed by atoms with Gasteiger partial charge in [-0.05, 0) is 54.8 Å². The highest BCUT2D eigenvalue weighted by Crippen LogP contribution is 2.26. The highest BCUT2D eigenvalue weighted by atomic mass is 16.5. The number of nitrogens with zero attached hydrogens (tertiary/aromatic N) is 1. The Labute approximate surface area is 205 Å². The van der Waals surface area contributed by atoms with Crippen molar-refractivity contribution in [3.8, 4) is 28.3 Å². The molecule has 180 valence electrons. The fourth-order valence-corrected chi connectivity index (χ4v) is 3.91. The van der Waals surface area contributed by atoms with E-state index in [9.17, 15) is 9.90 Å². The van der Waals surface area contributed by atoms with Crippen LogP contribution >= 0.6 is 0 Å². The van der Waals surface area contributed by atoms with Crippen LogP contribution in [0.15, 0.2) is 83.3 Å². The molecule has 1 heterocycles. The lowest BCUT2D eigenvalue weighted by atomic mass is 10.00. The van der Waals surface area contributed by atoms with E-state index >= 15 is 0 Å². The van der Waals surface area contributed by atoms with Gasteiger partial charge in [-0.2, -0.15) is 0 Å². The quantitative estimate of drug-likeness (QED) is 0.290. The summed E-state index contributed by atoms with van der Waals surface area (Å²) in [6.07, 6.45) is 0.0952. The summed E-state index contributed by atoms with van der Waals surface area (Å²) in [5.74, 6) is 1.22. The van der Waals surface area contributed by atoms with E-state index in [-0.39, 0.29) is 0 Å². The number of benzene rings is 3. The topological polar surface area (TPSA) is 81.8 Å². The van der Waals surface area contributed by atoms with Gasteiger partial charge in [-0.25, -0.2) is 9.78 Å². The standard InChI is InChI=1S/C29H29NO5/c1-3-33-27(29(31)32)18-21-9-7-12-23(17-21)24-13-8-14-25(19-24)34-16-15-26-20(2)35-28(30-26)22-10-5-4-6-11-22/h4-14,17,19,27H,3,15-16,18H2,1-2H3,(H,31,32). The van der Waals surface area contributed by atoms with Crippen LogP contribution in [0.25, 0.3) is 22.6 Å². The van der Waals surface area contributed by atoms with Crippen molar-refractivity contribution in [2.75, 3.05) is 13.2 Å². The molecule has 0 aliphatic carbocycles. The summed E-state index contributed by atoms with van der Waals surface area (Å²) in [5, 5.41) is 9.38. The van der Waals surface area contributed by atoms with Gasteiger partial charge in [-0.15, -0.1) is 0 Å². The van der Waals surface area contributed by atoms with Crippen molar-refractivity contribution < 1.29 is 23.8 Å². The van der Waals surface area contributed by atoms with Gasteiger partial charge in [0.25, 0.3) is 0 Å². The fourth-order valence-electron chi connectivity index (χ4n) is 3.91. The number of carboxylic acids is 1. The van der Waals surface area contributed by atoms with E-state index in [1.165, 1.54) is 0 Å². The first kappa shape index (κ1) is 24.2. The lowest BCUT2D eigenvalue weighted by Crippen LogP contribution is -2.26. The summed E-state index contributed by atoms with van der Waals surface area (Å²) < 4.78 is 17.2. The van der Waals surface area contributed by atoms with Crippen molar-refractivity contribution in [3.05, 3.63) is 95.9 Å². The average Bonchev–Trinajstić information content (AvgIpc) is 3.25. The lowest BCUT2D eigenvalue weighted by Gasteiger charge is -2.13. The third-order valence-corrected chi connectivity index (χ3v) is 5.68. The Bertz CT molecular complexity index is 1270. The maximum atomic E-state index is 11.4. The summed E-state index contributed by atoms with van der Waals surface area (Å²) in [7, 11) is 0. The van der Waals surface area contributed by atoms with Gasteiger partial charge < -0.3 is 19.0 Å². The SMILES string of the molecule is CCOC(Cc1cccc(-c2cccc(OCCc3nc(-c4ccccc4)oc3C)c2)c1)C(=O)O. The van der Waals surface area contributed by atoms with E-state index in [4.69, 9.17) is 13.9 Å². The van der Waals surface area contributed by atoms with Gasteiger partial charge in [-0.3, -0.25) is 0 Å². The van der Waals surface area contributed by atoms with Crippen molar-refractivity contribution in [2.45, 2.75) is 32.8 Å². The number of aromatic nitrogens is 1. The first-order valence-corrected chi connectivity index (χ1v) is 11.7. The van der Waals surface area contributed by atoms with Crippen LogP contribution in [0, 0.1) is 6.92 Å². The predicted octanol–water partition coefficient (Wildman–Crippen LogP) is 5.97. The van der Waals surface area contributed by atoms with E-state index in [0.29, 0.717) is 31.9 Å². The summed E-state index contributed by atoms with van der Waals surface area (Å²) in [6.45, 7) is 4.55. The third-order valence-electron chi connectivity index (χ3n) is 5.68. The molecule has 35 heavy (non-hydrogen) atoms. The van der Waals surface area contributed by atoms with Gasteiger partial charge in [0.05, 0.1) is 12.3 Å². The first-order valence-electron chi connectivity index (χ1n) is 11.7. The van der Waals surface area contributed by atoms with Crippen molar-refractivity contribution in [1.82, 2.24) is 4.98 Å². The van der Waals surface area contributed by atoms with Gasteiger partial charge in [0.2, 0.25) is 5.89 Å². The molecule has 3 aromatic carbocycles. The minimum Gasteiger partial charge on any atom is -0.493 e.